The molecule has 0 amide bonds. The van der Waals surface area contributed by atoms with Gasteiger partial charge in [0, 0.05) is 11.5 Å². The molecule has 2 fully saturated rings. The summed E-state index contributed by atoms with van der Waals surface area (Å²) in [7, 11) is 0. The summed E-state index contributed by atoms with van der Waals surface area (Å²) in [6, 6.07) is 0.341. The Morgan fingerprint density at radius 1 is 1.53 bits per heavy atom. The number of rotatable bonds is 3. The maximum atomic E-state index is 5.87. The van der Waals surface area contributed by atoms with Crippen LogP contribution in [0.2, 0.25) is 0 Å². The molecule has 0 saturated carbocycles. The number of ether oxygens (including phenoxy) is 1. The number of hydrogen-bond donors (Lipinski definition) is 2. The SMILES string of the molecule is CC(C)NC(N)=NCC1(C)CC2CCC1O2.I. The second-order valence-electron chi connectivity index (χ2n) is 5.68. The molecule has 4 nitrogen and oxygen atoms in total. The zero-order valence-electron chi connectivity index (χ0n) is 10.9. The molecule has 0 aromatic carbocycles. The van der Waals surface area contributed by atoms with Crippen LogP contribution in [0.5, 0.6) is 0 Å². The molecule has 0 radical (unpaired) electrons. The predicted molar refractivity (Wildman–Crippen MR) is 80.8 cm³/mol. The number of nitrogens with one attached hydrogen (secondary N) is 1. The Kier molecular flexibility index (Phi) is 5.07. The number of halogens is 1. The van der Waals surface area contributed by atoms with E-state index < -0.39 is 0 Å². The van der Waals surface area contributed by atoms with Gasteiger partial charge >= 0.3 is 0 Å². The molecule has 5 heteroatoms. The minimum atomic E-state index is 0. The molecule has 0 aromatic rings. The number of fused-ring (bicyclic) bond motifs is 2. The lowest BCUT2D eigenvalue weighted by Gasteiger charge is -2.29. The molecular weight excluding hydrogens is 329 g/mol. The first-order chi connectivity index (χ1) is 7.49. The molecule has 2 bridgehead atoms. The Labute approximate surface area is 121 Å². The molecule has 2 rings (SSSR count). The van der Waals surface area contributed by atoms with Crippen molar-refractivity contribution in [3.8, 4) is 0 Å². The topological polar surface area (TPSA) is 59.6 Å². The molecule has 3 atom stereocenters. The third-order valence-corrected chi connectivity index (χ3v) is 3.63. The highest BCUT2D eigenvalue weighted by Gasteiger charge is 2.49. The fourth-order valence-corrected chi connectivity index (χ4v) is 2.79. The van der Waals surface area contributed by atoms with Gasteiger partial charge in [0.1, 0.15) is 0 Å². The Bertz CT molecular complexity index is 295. The van der Waals surface area contributed by atoms with Crippen molar-refractivity contribution in [2.45, 2.75) is 58.3 Å². The molecule has 2 aliphatic rings. The molecule has 3 N–H and O–H groups in total. The fraction of sp³-hybridized carbons (Fsp3) is 0.917. The number of nitrogens with zero attached hydrogens (tertiary/aromatic N) is 1. The van der Waals surface area contributed by atoms with Crippen LogP contribution in [0.3, 0.4) is 0 Å². The second-order valence-corrected chi connectivity index (χ2v) is 5.68. The third kappa shape index (κ3) is 3.47. The van der Waals surface area contributed by atoms with Crippen molar-refractivity contribution in [1.29, 1.82) is 0 Å². The smallest absolute Gasteiger partial charge is 0.188 e. The van der Waals surface area contributed by atoms with Gasteiger partial charge in [0.2, 0.25) is 0 Å². The highest BCUT2D eigenvalue weighted by molar-refractivity contribution is 14.0. The van der Waals surface area contributed by atoms with E-state index in [9.17, 15) is 0 Å². The molecule has 100 valence electrons. The lowest BCUT2D eigenvalue weighted by molar-refractivity contribution is 0.0706. The van der Waals surface area contributed by atoms with E-state index >= 15 is 0 Å². The van der Waals surface area contributed by atoms with Gasteiger partial charge in [-0.05, 0) is 33.1 Å². The molecule has 17 heavy (non-hydrogen) atoms. The van der Waals surface area contributed by atoms with Crippen molar-refractivity contribution < 1.29 is 4.74 Å². The summed E-state index contributed by atoms with van der Waals surface area (Å²) in [5.41, 5.74) is 6.01. The van der Waals surface area contributed by atoms with Gasteiger partial charge < -0.3 is 15.8 Å². The molecular formula is C12H24IN3O. The summed E-state index contributed by atoms with van der Waals surface area (Å²) < 4.78 is 5.87. The van der Waals surface area contributed by atoms with E-state index in [2.05, 4.69) is 31.1 Å². The first-order valence-corrected chi connectivity index (χ1v) is 6.21. The summed E-state index contributed by atoms with van der Waals surface area (Å²) in [4.78, 5) is 4.44. The van der Waals surface area contributed by atoms with Crippen molar-refractivity contribution in [3.05, 3.63) is 0 Å². The highest BCUT2D eigenvalue weighted by atomic mass is 127. The summed E-state index contributed by atoms with van der Waals surface area (Å²) >= 11 is 0. The minimum absolute atomic E-state index is 0. The van der Waals surface area contributed by atoms with Crippen molar-refractivity contribution in [2.24, 2.45) is 16.1 Å². The summed E-state index contributed by atoms with van der Waals surface area (Å²) in [5, 5.41) is 3.11. The molecule has 2 aliphatic heterocycles. The first-order valence-electron chi connectivity index (χ1n) is 6.21. The van der Waals surface area contributed by atoms with Gasteiger partial charge in [0.25, 0.3) is 0 Å². The van der Waals surface area contributed by atoms with Crippen LogP contribution < -0.4 is 11.1 Å². The van der Waals surface area contributed by atoms with Gasteiger partial charge in [0.05, 0.1) is 18.8 Å². The van der Waals surface area contributed by atoms with E-state index in [1.165, 1.54) is 12.8 Å². The molecule has 3 unspecified atom stereocenters. The molecule has 0 spiro atoms. The first kappa shape index (κ1) is 15.0. The average molecular weight is 353 g/mol. The van der Waals surface area contributed by atoms with E-state index in [4.69, 9.17) is 10.5 Å². The average Bonchev–Trinajstić information content (AvgIpc) is 2.73. The second kappa shape index (κ2) is 5.73. The standard InChI is InChI=1S/C12H23N3O.HI/c1-8(2)15-11(13)14-7-12(3)6-9-4-5-10(12)16-9;/h8-10H,4-7H2,1-3H3,(H3,13,14,15);1H. The molecule has 0 aromatic heterocycles. The van der Waals surface area contributed by atoms with Gasteiger partial charge in [-0.1, -0.05) is 6.92 Å². The maximum absolute atomic E-state index is 5.87. The Hall–Kier alpha value is -0.0400. The normalized spacial score (nSPS) is 36.1. The highest BCUT2D eigenvalue weighted by Crippen LogP contribution is 2.47. The van der Waals surface area contributed by atoms with Crippen LogP contribution in [0.4, 0.5) is 0 Å². The number of aliphatic imine (C=N–C) groups is 1. The zero-order valence-corrected chi connectivity index (χ0v) is 13.2. The quantitative estimate of drug-likeness (QED) is 0.463. The van der Waals surface area contributed by atoms with E-state index in [0.29, 0.717) is 24.2 Å². The minimum Gasteiger partial charge on any atom is -0.374 e. The van der Waals surface area contributed by atoms with Crippen molar-refractivity contribution in [1.82, 2.24) is 5.32 Å². The Morgan fingerprint density at radius 3 is 2.71 bits per heavy atom. The predicted octanol–water partition coefficient (Wildman–Crippen LogP) is 1.87. The largest absolute Gasteiger partial charge is 0.374 e. The lowest BCUT2D eigenvalue weighted by Crippen LogP contribution is -2.39. The van der Waals surface area contributed by atoms with E-state index in [-0.39, 0.29) is 29.4 Å². The van der Waals surface area contributed by atoms with Crippen molar-refractivity contribution >= 4 is 29.9 Å². The van der Waals surface area contributed by atoms with Crippen LogP contribution in [-0.4, -0.2) is 30.8 Å². The monoisotopic (exact) mass is 353 g/mol. The summed E-state index contributed by atoms with van der Waals surface area (Å²) in [5.74, 6) is 0.555. The van der Waals surface area contributed by atoms with Crippen LogP contribution in [0.25, 0.3) is 0 Å². The maximum Gasteiger partial charge on any atom is 0.188 e. The van der Waals surface area contributed by atoms with Crippen LogP contribution in [0.15, 0.2) is 4.99 Å². The van der Waals surface area contributed by atoms with E-state index in [1.54, 1.807) is 0 Å². The third-order valence-electron chi connectivity index (χ3n) is 3.63. The van der Waals surface area contributed by atoms with Crippen LogP contribution in [0, 0.1) is 5.41 Å². The fourth-order valence-electron chi connectivity index (χ4n) is 2.79. The van der Waals surface area contributed by atoms with E-state index in [1.807, 2.05) is 0 Å². The molecule has 0 aliphatic carbocycles. The summed E-state index contributed by atoms with van der Waals surface area (Å²) in [6.45, 7) is 7.16. The Morgan fingerprint density at radius 2 is 2.24 bits per heavy atom. The zero-order chi connectivity index (χ0) is 11.8. The number of guanidine groups is 1. The van der Waals surface area contributed by atoms with Gasteiger partial charge in [-0.3, -0.25) is 4.99 Å². The van der Waals surface area contributed by atoms with Gasteiger partial charge in [-0.15, -0.1) is 24.0 Å². The van der Waals surface area contributed by atoms with Crippen LogP contribution in [-0.2, 0) is 4.74 Å². The molecule has 2 heterocycles. The van der Waals surface area contributed by atoms with Gasteiger partial charge in [-0.2, -0.15) is 0 Å². The van der Waals surface area contributed by atoms with E-state index in [0.717, 1.165) is 13.0 Å². The molecule has 2 saturated heterocycles. The summed E-state index contributed by atoms with van der Waals surface area (Å²) in [6.07, 6.45) is 4.42. The lowest BCUT2D eigenvalue weighted by atomic mass is 9.76. The van der Waals surface area contributed by atoms with Crippen molar-refractivity contribution in [2.75, 3.05) is 6.54 Å². The number of nitrogens with two attached hydrogens (primary N) is 1. The van der Waals surface area contributed by atoms with Crippen LogP contribution in [0.1, 0.15) is 40.0 Å². The Balaban J connectivity index is 0.00000144. The van der Waals surface area contributed by atoms with Crippen molar-refractivity contribution in [3.63, 3.8) is 0 Å². The number of hydrogen-bond acceptors (Lipinski definition) is 2. The van der Waals surface area contributed by atoms with Gasteiger partial charge in [0.15, 0.2) is 5.96 Å². The van der Waals surface area contributed by atoms with Gasteiger partial charge in [-0.25, -0.2) is 0 Å². The van der Waals surface area contributed by atoms with Crippen LogP contribution >= 0.6 is 24.0 Å².